The molecule has 0 unspecified atom stereocenters. The van der Waals surface area contributed by atoms with E-state index >= 15 is 0 Å². The van der Waals surface area contributed by atoms with Crippen molar-refractivity contribution in [2.45, 2.75) is 20.4 Å². The summed E-state index contributed by atoms with van der Waals surface area (Å²) in [4.78, 5) is 16.5. The molecule has 0 aliphatic heterocycles. The van der Waals surface area contributed by atoms with Crippen LogP contribution in [0.25, 0.3) is 22.6 Å². The number of hydrogen-bond acceptors (Lipinski definition) is 5. The van der Waals surface area contributed by atoms with E-state index in [9.17, 15) is 4.79 Å². The molecule has 0 spiro atoms. The van der Waals surface area contributed by atoms with Crippen molar-refractivity contribution in [3.8, 4) is 11.6 Å². The number of nitrogens with zero attached hydrogens (tertiary/aromatic N) is 2. The van der Waals surface area contributed by atoms with E-state index in [0.29, 0.717) is 12.3 Å². The molecular formula is C20H17N3O3. The maximum Gasteiger partial charge on any atom is 0.316 e. The first kappa shape index (κ1) is 16.1. The smallest absolute Gasteiger partial charge is 0.316 e. The van der Waals surface area contributed by atoms with Crippen molar-refractivity contribution in [1.82, 2.24) is 15.5 Å². The number of rotatable bonds is 4. The van der Waals surface area contributed by atoms with E-state index in [0.717, 1.165) is 27.7 Å². The molecule has 1 N–H and O–H groups in total. The zero-order chi connectivity index (χ0) is 18.1. The molecule has 0 aliphatic carbocycles. The van der Waals surface area contributed by atoms with Gasteiger partial charge in [0.25, 0.3) is 0 Å². The number of aryl methyl sites for hydroxylation is 2. The summed E-state index contributed by atoms with van der Waals surface area (Å²) < 4.78 is 10.9. The Labute approximate surface area is 149 Å². The van der Waals surface area contributed by atoms with Gasteiger partial charge in [0.05, 0.1) is 0 Å². The lowest BCUT2D eigenvalue weighted by Crippen LogP contribution is -2.23. The molecule has 4 aromatic rings. The molecule has 2 aromatic heterocycles. The average molecular weight is 347 g/mol. The lowest BCUT2D eigenvalue weighted by molar-refractivity contribution is 0.0907. The lowest BCUT2D eigenvalue weighted by atomic mass is 10.1. The highest BCUT2D eigenvalue weighted by Gasteiger charge is 2.21. The van der Waals surface area contributed by atoms with Crippen molar-refractivity contribution in [3.05, 3.63) is 71.1 Å². The second-order valence-corrected chi connectivity index (χ2v) is 6.08. The summed E-state index contributed by atoms with van der Waals surface area (Å²) in [6.07, 6.45) is 0. The summed E-state index contributed by atoms with van der Waals surface area (Å²) in [5.74, 6) is 0.266. The Morgan fingerprint density at radius 1 is 1.08 bits per heavy atom. The van der Waals surface area contributed by atoms with Gasteiger partial charge in [-0.3, -0.25) is 4.79 Å². The third-order valence-electron chi connectivity index (χ3n) is 4.37. The fourth-order valence-electron chi connectivity index (χ4n) is 2.86. The molecule has 0 aliphatic rings. The molecule has 6 heteroatoms. The van der Waals surface area contributed by atoms with Crippen LogP contribution in [0.15, 0.2) is 57.5 Å². The minimum absolute atomic E-state index is 0.0894. The number of fused-ring (bicyclic) bond motifs is 1. The SMILES string of the molecule is Cc1ccccc1CNC(=O)c1nc(-c2oc3ccccc3c2C)no1. The minimum Gasteiger partial charge on any atom is -0.452 e. The molecule has 0 radical (unpaired) electrons. The largest absolute Gasteiger partial charge is 0.452 e. The zero-order valence-electron chi connectivity index (χ0n) is 14.4. The Bertz CT molecular complexity index is 1090. The average Bonchev–Trinajstić information content (AvgIpc) is 3.26. The normalized spacial score (nSPS) is 11.0. The molecular weight excluding hydrogens is 330 g/mol. The predicted octanol–water partition coefficient (Wildman–Crippen LogP) is 4.03. The molecule has 0 atom stereocenters. The summed E-state index contributed by atoms with van der Waals surface area (Å²) in [5.41, 5.74) is 3.80. The van der Waals surface area contributed by atoms with E-state index in [4.69, 9.17) is 8.94 Å². The van der Waals surface area contributed by atoms with E-state index < -0.39 is 5.91 Å². The summed E-state index contributed by atoms with van der Waals surface area (Å²) in [7, 11) is 0. The van der Waals surface area contributed by atoms with Crippen molar-refractivity contribution in [3.63, 3.8) is 0 Å². The first-order valence-corrected chi connectivity index (χ1v) is 8.28. The van der Waals surface area contributed by atoms with Crippen LogP contribution in [0.2, 0.25) is 0 Å². The van der Waals surface area contributed by atoms with Crippen molar-refractivity contribution in [1.29, 1.82) is 0 Å². The van der Waals surface area contributed by atoms with Crippen LogP contribution in [0.3, 0.4) is 0 Å². The number of para-hydroxylation sites is 1. The lowest BCUT2D eigenvalue weighted by Gasteiger charge is -2.05. The number of carbonyl (C=O) groups is 1. The molecule has 0 fully saturated rings. The topological polar surface area (TPSA) is 81.2 Å². The van der Waals surface area contributed by atoms with E-state index in [1.165, 1.54) is 0 Å². The number of benzene rings is 2. The van der Waals surface area contributed by atoms with Gasteiger partial charge in [-0.25, -0.2) is 0 Å². The molecule has 0 saturated heterocycles. The van der Waals surface area contributed by atoms with Gasteiger partial charge in [-0.15, -0.1) is 0 Å². The number of hydrogen-bond donors (Lipinski definition) is 1. The van der Waals surface area contributed by atoms with Crippen LogP contribution in [0.5, 0.6) is 0 Å². The molecule has 6 nitrogen and oxygen atoms in total. The van der Waals surface area contributed by atoms with Gasteiger partial charge in [0.1, 0.15) is 5.58 Å². The zero-order valence-corrected chi connectivity index (χ0v) is 14.4. The van der Waals surface area contributed by atoms with Gasteiger partial charge in [-0.2, -0.15) is 4.98 Å². The Balaban J connectivity index is 1.54. The number of amides is 1. The summed E-state index contributed by atoms with van der Waals surface area (Å²) >= 11 is 0. The molecule has 1 amide bonds. The van der Waals surface area contributed by atoms with E-state index in [2.05, 4.69) is 15.5 Å². The fourth-order valence-corrected chi connectivity index (χ4v) is 2.86. The second kappa shape index (κ2) is 6.48. The summed E-state index contributed by atoms with van der Waals surface area (Å²) in [6.45, 7) is 4.32. The van der Waals surface area contributed by atoms with E-state index in [1.54, 1.807) is 0 Å². The molecule has 0 saturated carbocycles. The number of nitrogens with one attached hydrogen (secondary N) is 1. The van der Waals surface area contributed by atoms with Crippen molar-refractivity contribution >= 4 is 16.9 Å². The molecule has 130 valence electrons. The highest BCUT2D eigenvalue weighted by molar-refractivity contribution is 5.90. The van der Waals surface area contributed by atoms with Crippen molar-refractivity contribution < 1.29 is 13.7 Å². The van der Waals surface area contributed by atoms with Gasteiger partial charge >= 0.3 is 11.8 Å². The maximum atomic E-state index is 12.3. The van der Waals surface area contributed by atoms with Gasteiger partial charge in [0.15, 0.2) is 5.76 Å². The standard InChI is InChI=1S/C20H17N3O3/c1-12-7-3-4-8-14(12)11-21-19(24)20-22-18(23-26-20)17-13(2)15-9-5-6-10-16(15)25-17/h3-10H,11H2,1-2H3,(H,21,24). The fraction of sp³-hybridized carbons (Fsp3) is 0.150. The van der Waals surface area contributed by atoms with Gasteiger partial charge in [-0.1, -0.05) is 47.6 Å². The molecule has 4 rings (SSSR count). The van der Waals surface area contributed by atoms with Crippen LogP contribution in [0.4, 0.5) is 0 Å². The van der Waals surface area contributed by atoms with Crippen molar-refractivity contribution in [2.24, 2.45) is 0 Å². The van der Waals surface area contributed by atoms with Crippen LogP contribution < -0.4 is 5.32 Å². The van der Waals surface area contributed by atoms with Gasteiger partial charge < -0.3 is 14.3 Å². The predicted molar refractivity (Wildman–Crippen MR) is 96.6 cm³/mol. The Morgan fingerprint density at radius 2 is 1.85 bits per heavy atom. The van der Waals surface area contributed by atoms with Gasteiger partial charge in [-0.05, 0) is 31.0 Å². The quantitative estimate of drug-likeness (QED) is 0.603. The highest BCUT2D eigenvalue weighted by atomic mass is 16.5. The summed E-state index contributed by atoms with van der Waals surface area (Å²) in [6, 6.07) is 15.5. The van der Waals surface area contributed by atoms with Gasteiger partial charge in [0, 0.05) is 17.5 Å². The van der Waals surface area contributed by atoms with Crippen LogP contribution >= 0.6 is 0 Å². The first-order chi connectivity index (χ1) is 12.6. The van der Waals surface area contributed by atoms with E-state index in [-0.39, 0.29) is 11.7 Å². The Hall–Kier alpha value is -3.41. The second-order valence-electron chi connectivity index (χ2n) is 6.08. The maximum absolute atomic E-state index is 12.3. The third kappa shape index (κ3) is 2.86. The van der Waals surface area contributed by atoms with Gasteiger partial charge in [0.2, 0.25) is 5.82 Å². The first-order valence-electron chi connectivity index (χ1n) is 8.28. The molecule has 0 bridgehead atoms. The number of carbonyl (C=O) groups excluding carboxylic acids is 1. The van der Waals surface area contributed by atoms with Crippen LogP contribution in [-0.2, 0) is 6.54 Å². The summed E-state index contributed by atoms with van der Waals surface area (Å²) in [5, 5.41) is 7.68. The Kier molecular flexibility index (Phi) is 4.01. The monoisotopic (exact) mass is 347 g/mol. The van der Waals surface area contributed by atoms with Crippen LogP contribution in [0.1, 0.15) is 27.4 Å². The molecule has 2 heterocycles. The van der Waals surface area contributed by atoms with E-state index in [1.807, 2.05) is 62.4 Å². The molecule has 26 heavy (non-hydrogen) atoms. The van der Waals surface area contributed by atoms with Crippen LogP contribution in [0, 0.1) is 13.8 Å². The molecule has 2 aromatic carbocycles. The van der Waals surface area contributed by atoms with Crippen molar-refractivity contribution in [2.75, 3.05) is 0 Å². The van der Waals surface area contributed by atoms with Crippen LogP contribution in [-0.4, -0.2) is 16.0 Å². The third-order valence-corrected chi connectivity index (χ3v) is 4.37. The Morgan fingerprint density at radius 3 is 2.65 bits per heavy atom. The minimum atomic E-state index is -0.416. The number of furan rings is 1. The number of aromatic nitrogens is 2. The highest BCUT2D eigenvalue weighted by Crippen LogP contribution is 2.31.